The third-order valence-corrected chi connectivity index (χ3v) is 2.29. The summed E-state index contributed by atoms with van der Waals surface area (Å²) < 4.78 is 0. The molecule has 1 heteroatoms. The van der Waals surface area contributed by atoms with E-state index in [2.05, 4.69) is 13.0 Å². The van der Waals surface area contributed by atoms with Gasteiger partial charge in [-0.15, -0.1) is 0 Å². The fourth-order valence-electron chi connectivity index (χ4n) is 1.42. The highest BCUT2D eigenvalue weighted by atomic mass is 16.1. The van der Waals surface area contributed by atoms with Crippen molar-refractivity contribution in [2.45, 2.75) is 39.0 Å². The molecule has 1 nitrogen and oxygen atoms in total. The molecule has 0 heterocycles. The van der Waals surface area contributed by atoms with Crippen LogP contribution >= 0.6 is 0 Å². The van der Waals surface area contributed by atoms with E-state index in [4.69, 9.17) is 0 Å². The van der Waals surface area contributed by atoms with E-state index in [0.717, 1.165) is 12.0 Å². The summed E-state index contributed by atoms with van der Waals surface area (Å²) in [5.74, 6) is 0.248. The second kappa shape index (κ2) is 6.36. The van der Waals surface area contributed by atoms with Crippen molar-refractivity contribution in [1.82, 2.24) is 0 Å². The molecule has 0 amide bonds. The summed E-state index contributed by atoms with van der Waals surface area (Å²) in [6.07, 6.45) is 5.31. The quantitative estimate of drug-likeness (QED) is 0.493. The molecule has 0 atom stereocenters. The minimum atomic E-state index is 0.248. The fraction of sp³-hybridized carbons (Fsp3) is 0.462. The summed E-state index contributed by atoms with van der Waals surface area (Å²) in [5.41, 5.74) is 0.795. The Labute approximate surface area is 86.1 Å². The fourth-order valence-corrected chi connectivity index (χ4v) is 1.42. The van der Waals surface area contributed by atoms with Crippen LogP contribution in [-0.2, 0) is 0 Å². The van der Waals surface area contributed by atoms with E-state index < -0.39 is 0 Å². The van der Waals surface area contributed by atoms with Gasteiger partial charge in [0.1, 0.15) is 0 Å². The third-order valence-electron chi connectivity index (χ3n) is 2.29. The summed E-state index contributed by atoms with van der Waals surface area (Å²) in [6.45, 7) is 2.17. The zero-order valence-electron chi connectivity index (χ0n) is 8.75. The average molecular weight is 189 g/mol. The van der Waals surface area contributed by atoms with Gasteiger partial charge in [0.2, 0.25) is 0 Å². The van der Waals surface area contributed by atoms with Crippen molar-refractivity contribution < 1.29 is 4.79 Å². The van der Waals surface area contributed by atoms with Gasteiger partial charge in [-0.1, -0.05) is 44.4 Å². The van der Waals surface area contributed by atoms with E-state index in [1.54, 1.807) is 6.07 Å². The second-order valence-corrected chi connectivity index (χ2v) is 3.53. The monoisotopic (exact) mass is 189 g/mol. The molecule has 0 unspecified atom stereocenters. The summed E-state index contributed by atoms with van der Waals surface area (Å²) in [4.78, 5) is 11.6. The van der Waals surface area contributed by atoms with Gasteiger partial charge in [-0.25, -0.2) is 0 Å². The first-order chi connectivity index (χ1) is 6.84. The Bertz CT molecular complexity index is 264. The minimum Gasteiger partial charge on any atom is -0.294 e. The number of Topliss-reactive ketones (excluding diaryl/α,β-unsaturated/α-hetero) is 1. The molecular formula is C13H17O. The van der Waals surface area contributed by atoms with Gasteiger partial charge in [-0.05, 0) is 18.6 Å². The first-order valence-electron chi connectivity index (χ1n) is 5.34. The first-order valence-corrected chi connectivity index (χ1v) is 5.34. The Morgan fingerprint density at radius 3 is 2.86 bits per heavy atom. The molecule has 1 aromatic carbocycles. The van der Waals surface area contributed by atoms with Crippen LogP contribution in [0.2, 0.25) is 0 Å². The molecule has 0 aliphatic carbocycles. The Balaban J connectivity index is 2.29. The number of hydrogen-bond donors (Lipinski definition) is 0. The van der Waals surface area contributed by atoms with Crippen LogP contribution in [0, 0.1) is 6.07 Å². The summed E-state index contributed by atoms with van der Waals surface area (Å²) in [6, 6.07) is 10.2. The van der Waals surface area contributed by atoms with Gasteiger partial charge in [0, 0.05) is 12.0 Å². The molecule has 1 aromatic rings. The maximum absolute atomic E-state index is 11.6. The van der Waals surface area contributed by atoms with Crippen molar-refractivity contribution in [3.63, 3.8) is 0 Å². The number of unbranched alkanes of at least 4 members (excludes halogenated alkanes) is 3. The lowest BCUT2D eigenvalue weighted by Crippen LogP contribution is -1.98. The van der Waals surface area contributed by atoms with E-state index in [0.29, 0.717) is 6.42 Å². The van der Waals surface area contributed by atoms with E-state index in [1.807, 2.05) is 18.2 Å². The van der Waals surface area contributed by atoms with Crippen molar-refractivity contribution in [3.05, 3.63) is 35.9 Å². The van der Waals surface area contributed by atoms with Gasteiger partial charge < -0.3 is 0 Å². The Hall–Kier alpha value is -1.11. The number of ketones is 1. The van der Waals surface area contributed by atoms with Crippen LogP contribution in [0.15, 0.2) is 24.3 Å². The van der Waals surface area contributed by atoms with E-state index >= 15 is 0 Å². The summed E-state index contributed by atoms with van der Waals surface area (Å²) in [5, 5.41) is 0. The van der Waals surface area contributed by atoms with Gasteiger partial charge in [-0.3, -0.25) is 4.79 Å². The number of hydrogen-bond acceptors (Lipinski definition) is 1. The van der Waals surface area contributed by atoms with Gasteiger partial charge in [0.15, 0.2) is 5.78 Å². The van der Waals surface area contributed by atoms with Gasteiger partial charge in [-0.2, -0.15) is 0 Å². The number of rotatable bonds is 6. The van der Waals surface area contributed by atoms with Crippen LogP contribution in [0.5, 0.6) is 0 Å². The molecule has 0 fully saturated rings. The highest BCUT2D eigenvalue weighted by Gasteiger charge is 2.03. The van der Waals surface area contributed by atoms with Crippen LogP contribution in [0.1, 0.15) is 49.4 Å². The molecule has 0 saturated carbocycles. The van der Waals surface area contributed by atoms with E-state index in [-0.39, 0.29) is 5.78 Å². The lowest BCUT2D eigenvalue weighted by atomic mass is 10.0. The van der Waals surface area contributed by atoms with Crippen molar-refractivity contribution >= 4 is 5.78 Å². The third kappa shape index (κ3) is 3.73. The van der Waals surface area contributed by atoms with Crippen LogP contribution in [0.4, 0.5) is 0 Å². The van der Waals surface area contributed by atoms with Crippen LogP contribution < -0.4 is 0 Å². The molecule has 14 heavy (non-hydrogen) atoms. The number of carbonyl (C=O) groups is 1. The number of benzene rings is 1. The predicted molar refractivity (Wildman–Crippen MR) is 58.4 cm³/mol. The molecule has 0 aliphatic rings. The number of carbonyl (C=O) groups excluding carboxylic acids is 1. The standard InChI is InChI=1S/C13H17O/c1-2-3-4-8-11-13(14)12-9-6-5-7-10-12/h5-6,9-10H,2-4,8,11H2,1H3. The molecular weight excluding hydrogens is 172 g/mol. The minimum absolute atomic E-state index is 0.248. The molecule has 0 bridgehead atoms. The predicted octanol–water partition coefficient (Wildman–Crippen LogP) is 3.64. The van der Waals surface area contributed by atoms with E-state index in [1.165, 1.54) is 19.3 Å². The molecule has 0 N–H and O–H groups in total. The summed E-state index contributed by atoms with van der Waals surface area (Å²) >= 11 is 0. The molecule has 0 spiro atoms. The van der Waals surface area contributed by atoms with Crippen molar-refractivity contribution in [2.24, 2.45) is 0 Å². The highest BCUT2D eigenvalue weighted by molar-refractivity contribution is 5.95. The van der Waals surface area contributed by atoms with Crippen LogP contribution in [-0.4, -0.2) is 5.78 Å². The maximum Gasteiger partial charge on any atom is 0.162 e. The molecule has 0 aliphatic heterocycles. The van der Waals surface area contributed by atoms with Crippen LogP contribution in [0.3, 0.4) is 0 Å². The SMILES string of the molecule is CCCCCCC(=O)c1c[c]ccc1. The lowest BCUT2D eigenvalue weighted by molar-refractivity contribution is 0.0979. The average Bonchev–Trinajstić information content (AvgIpc) is 2.25. The Kier molecular flexibility index (Phi) is 4.98. The largest absolute Gasteiger partial charge is 0.294 e. The Morgan fingerprint density at radius 2 is 2.21 bits per heavy atom. The van der Waals surface area contributed by atoms with Gasteiger partial charge >= 0.3 is 0 Å². The molecule has 0 aromatic heterocycles. The zero-order chi connectivity index (χ0) is 10.2. The van der Waals surface area contributed by atoms with Crippen LogP contribution in [0.25, 0.3) is 0 Å². The molecule has 1 radical (unpaired) electrons. The first kappa shape index (κ1) is 11.0. The molecule has 1 rings (SSSR count). The molecule has 0 saturated heterocycles. The second-order valence-electron chi connectivity index (χ2n) is 3.53. The maximum atomic E-state index is 11.6. The molecule has 75 valence electrons. The van der Waals surface area contributed by atoms with Crippen molar-refractivity contribution in [2.75, 3.05) is 0 Å². The Morgan fingerprint density at radius 1 is 1.36 bits per heavy atom. The smallest absolute Gasteiger partial charge is 0.162 e. The zero-order valence-corrected chi connectivity index (χ0v) is 8.75. The lowest BCUT2D eigenvalue weighted by Gasteiger charge is -1.99. The van der Waals surface area contributed by atoms with E-state index in [9.17, 15) is 4.79 Å². The summed E-state index contributed by atoms with van der Waals surface area (Å²) in [7, 11) is 0. The normalized spacial score (nSPS) is 10.1. The highest BCUT2D eigenvalue weighted by Crippen LogP contribution is 2.08. The topological polar surface area (TPSA) is 17.1 Å². The van der Waals surface area contributed by atoms with Crippen molar-refractivity contribution in [3.8, 4) is 0 Å². The van der Waals surface area contributed by atoms with Gasteiger partial charge in [0.05, 0.1) is 0 Å². The van der Waals surface area contributed by atoms with Crippen molar-refractivity contribution in [1.29, 1.82) is 0 Å². The van der Waals surface area contributed by atoms with Gasteiger partial charge in [0.25, 0.3) is 0 Å².